The number of nitrogens with one attached hydrogen (secondary N) is 2. The van der Waals surface area contributed by atoms with E-state index in [0.717, 1.165) is 33.5 Å². The number of amides is 1. The Morgan fingerprint density at radius 2 is 2.03 bits per heavy atom. The number of aliphatic hydroxyl groups excluding tert-OH is 2. The molecule has 1 saturated heterocycles. The van der Waals surface area contributed by atoms with Crippen molar-refractivity contribution >= 4 is 29.2 Å². The lowest BCUT2D eigenvalue weighted by Gasteiger charge is -2.48. The van der Waals surface area contributed by atoms with Crippen LogP contribution in [-0.2, 0) is 11.3 Å². The van der Waals surface area contributed by atoms with Gasteiger partial charge in [0.15, 0.2) is 0 Å². The topological polar surface area (TPSA) is 122 Å². The maximum Gasteiger partial charge on any atom is 0.275 e. The fourth-order valence-electron chi connectivity index (χ4n) is 4.80. The lowest BCUT2D eigenvalue weighted by Crippen LogP contribution is -2.60. The van der Waals surface area contributed by atoms with E-state index in [1.165, 1.54) is 6.34 Å². The number of carbonyl (C=O) groups is 1. The second kappa shape index (κ2) is 10.6. The number of rotatable bonds is 7. The van der Waals surface area contributed by atoms with Gasteiger partial charge < -0.3 is 20.8 Å². The van der Waals surface area contributed by atoms with Gasteiger partial charge in [0, 0.05) is 48.7 Å². The third-order valence-electron chi connectivity index (χ3n) is 6.76. The van der Waals surface area contributed by atoms with E-state index in [9.17, 15) is 15.0 Å². The second-order valence-corrected chi connectivity index (χ2v) is 9.75. The molecule has 4 heterocycles. The zero-order chi connectivity index (χ0) is 25.8. The average Bonchev–Trinajstić information content (AvgIpc) is 3.21. The highest BCUT2D eigenvalue weighted by molar-refractivity contribution is 6.50. The van der Waals surface area contributed by atoms with Gasteiger partial charge in [0.25, 0.3) is 5.91 Å². The fourth-order valence-corrected chi connectivity index (χ4v) is 4.80. The monoisotopic (exact) mass is 498 g/mol. The van der Waals surface area contributed by atoms with Crippen molar-refractivity contribution in [1.82, 2.24) is 15.2 Å². The van der Waals surface area contributed by atoms with Gasteiger partial charge in [-0.3, -0.25) is 19.7 Å². The summed E-state index contributed by atoms with van der Waals surface area (Å²) in [6.45, 7) is 4.43. The Bertz CT molecular complexity index is 1330. The van der Waals surface area contributed by atoms with Crippen LogP contribution in [0.2, 0.25) is 0 Å². The van der Waals surface area contributed by atoms with Crippen LogP contribution in [0.4, 0.5) is 5.69 Å². The number of benzene rings is 1. The van der Waals surface area contributed by atoms with Crippen LogP contribution in [0.1, 0.15) is 23.6 Å². The van der Waals surface area contributed by atoms with Crippen LogP contribution in [0.5, 0.6) is 0 Å². The molecule has 0 bridgehead atoms. The van der Waals surface area contributed by atoms with Crippen LogP contribution in [-0.4, -0.2) is 70.9 Å². The summed E-state index contributed by atoms with van der Waals surface area (Å²) in [5.41, 5.74) is 6.18. The molecule has 4 N–H and O–H groups in total. The number of nitrogens with zero attached hydrogens (tertiary/aromatic N) is 4. The van der Waals surface area contributed by atoms with Gasteiger partial charge in [0.05, 0.1) is 31.6 Å². The number of aromatic nitrogens is 1. The molecule has 0 saturated carbocycles. The first-order valence-electron chi connectivity index (χ1n) is 12.2. The lowest BCUT2D eigenvalue weighted by atomic mass is 9.81. The van der Waals surface area contributed by atoms with E-state index in [-0.39, 0.29) is 19.1 Å². The first-order chi connectivity index (χ1) is 18.0. The predicted octanol–water partition coefficient (Wildman–Crippen LogP) is 2.11. The summed E-state index contributed by atoms with van der Waals surface area (Å²) in [6.07, 6.45) is 10.9. The maximum absolute atomic E-state index is 13.2. The first kappa shape index (κ1) is 24.8. The summed E-state index contributed by atoms with van der Waals surface area (Å²) in [5.74, 6) is -0.324. The van der Waals surface area contributed by atoms with Gasteiger partial charge in [0.2, 0.25) is 0 Å². The zero-order valence-corrected chi connectivity index (χ0v) is 20.7. The predicted molar refractivity (Wildman–Crippen MR) is 144 cm³/mol. The highest BCUT2D eigenvalue weighted by Gasteiger charge is 2.41. The molecule has 0 unspecified atom stereocenters. The molecular weight excluding hydrogens is 468 g/mol. The van der Waals surface area contributed by atoms with Crippen molar-refractivity contribution in [3.8, 4) is 0 Å². The van der Waals surface area contributed by atoms with Crippen molar-refractivity contribution in [1.29, 1.82) is 0 Å². The minimum Gasteiger partial charge on any atom is -0.396 e. The maximum atomic E-state index is 13.2. The van der Waals surface area contributed by atoms with E-state index in [1.807, 2.05) is 31.3 Å². The fraction of sp³-hybridized carbons (Fsp3) is 0.286. The zero-order valence-electron chi connectivity index (χ0n) is 20.7. The van der Waals surface area contributed by atoms with E-state index in [0.29, 0.717) is 37.6 Å². The Labute approximate surface area is 215 Å². The van der Waals surface area contributed by atoms with Crippen molar-refractivity contribution in [3.63, 3.8) is 0 Å². The quantitative estimate of drug-likeness (QED) is 0.464. The van der Waals surface area contributed by atoms with Gasteiger partial charge in [-0.25, -0.2) is 4.99 Å². The number of anilines is 1. The number of hydrogen-bond acceptors (Lipinski definition) is 8. The van der Waals surface area contributed by atoms with E-state index >= 15 is 0 Å². The highest BCUT2D eigenvalue weighted by Crippen LogP contribution is 2.31. The summed E-state index contributed by atoms with van der Waals surface area (Å²) in [4.78, 5) is 28.1. The van der Waals surface area contributed by atoms with Gasteiger partial charge in [-0.15, -0.1) is 0 Å². The Hall–Kier alpha value is -3.92. The first-order valence-corrected chi connectivity index (χ1v) is 12.2. The number of carbonyl (C=O) groups excluding carboxylic acids is 1. The molecule has 1 aromatic carbocycles. The molecule has 190 valence electrons. The van der Waals surface area contributed by atoms with Crippen LogP contribution in [0, 0.1) is 5.41 Å². The summed E-state index contributed by atoms with van der Waals surface area (Å²) in [6, 6.07) is 9.55. The van der Waals surface area contributed by atoms with Gasteiger partial charge in [-0.1, -0.05) is 12.1 Å². The second-order valence-electron chi connectivity index (χ2n) is 9.75. The molecule has 9 nitrogen and oxygen atoms in total. The van der Waals surface area contributed by atoms with Crippen LogP contribution in [0.3, 0.4) is 0 Å². The van der Waals surface area contributed by atoms with Crippen LogP contribution in [0.15, 0.2) is 82.3 Å². The number of fused-ring (bicyclic) bond motifs is 1. The largest absolute Gasteiger partial charge is 0.396 e. The molecule has 37 heavy (non-hydrogen) atoms. The Balaban J connectivity index is 1.41. The number of hydrogen-bond donors (Lipinski definition) is 4. The SMILES string of the molecule is CC1=CC(CN2CC(CO)(CO)C2)=CC(c2ccc3c(c2)C(C(=O)Nc2cccnc2)=NC=NC3)=CN1. The molecule has 3 aliphatic heterocycles. The molecule has 5 rings (SSSR count). The smallest absolute Gasteiger partial charge is 0.275 e. The molecule has 3 aliphatic rings. The van der Waals surface area contributed by atoms with E-state index in [4.69, 9.17) is 0 Å². The Kier molecular flexibility index (Phi) is 7.09. The van der Waals surface area contributed by atoms with E-state index < -0.39 is 5.41 Å². The number of aliphatic hydroxyl groups is 2. The molecule has 0 spiro atoms. The van der Waals surface area contributed by atoms with Crippen molar-refractivity contribution in [2.75, 3.05) is 38.2 Å². The van der Waals surface area contributed by atoms with Gasteiger partial charge >= 0.3 is 0 Å². The third-order valence-corrected chi connectivity index (χ3v) is 6.76. The number of likely N-dealkylation sites (tertiary alicyclic amines) is 1. The highest BCUT2D eigenvalue weighted by atomic mass is 16.3. The normalized spacial score (nSPS) is 18.6. The molecule has 2 aromatic rings. The van der Waals surface area contributed by atoms with E-state index in [1.54, 1.807) is 24.5 Å². The van der Waals surface area contributed by atoms with Crippen LogP contribution in [0.25, 0.3) is 5.57 Å². The molecule has 9 heteroatoms. The minimum atomic E-state index is -0.411. The molecule has 1 fully saturated rings. The standard InChI is InChI=1S/C28H30N6O3/c1-19-7-20(13-34-14-28(15-34,16-35)17-36)8-23(11-31-19)21-4-5-22-10-30-18-32-26(25(22)9-21)27(37)33-24-3-2-6-29-12-24/h2-9,11-12,18,31,35-36H,10,13-17H2,1H3,(H,33,37). The third kappa shape index (κ3) is 5.43. The molecule has 0 atom stereocenters. The summed E-state index contributed by atoms with van der Waals surface area (Å²) >= 11 is 0. The number of pyridine rings is 1. The molecule has 0 radical (unpaired) electrons. The van der Waals surface area contributed by atoms with Crippen molar-refractivity contribution in [3.05, 3.63) is 89.0 Å². The minimum absolute atomic E-state index is 0.0162. The van der Waals surface area contributed by atoms with Gasteiger partial charge in [-0.05, 0) is 59.5 Å². The average molecular weight is 499 g/mol. The molecule has 0 aliphatic carbocycles. The Morgan fingerprint density at radius 3 is 2.78 bits per heavy atom. The number of aliphatic imine (C=N–C) groups is 2. The summed E-state index contributed by atoms with van der Waals surface area (Å²) in [7, 11) is 0. The summed E-state index contributed by atoms with van der Waals surface area (Å²) < 4.78 is 0. The van der Waals surface area contributed by atoms with Crippen molar-refractivity contribution < 1.29 is 15.0 Å². The van der Waals surface area contributed by atoms with Crippen LogP contribution >= 0.6 is 0 Å². The Morgan fingerprint density at radius 1 is 1.19 bits per heavy atom. The van der Waals surface area contributed by atoms with E-state index in [2.05, 4.69) is 42.7 Å². The summed E-state index contributed by atoms with van der Waals surface area (Å²) in [5, 5.41) is 25.4. The van der Waals surface area contributed by atoms with Gasteiger partial charge in [-0.2, -0.15) is 0 Å². The number of allylic oxidation sites excluding steroid dienone is 3. The van der Waals surface area contributed by atoms with Crippen LogP contribution < -0.4 is 10.6 Å². The van der Waals surface area contributed by atoms with Crippen molar-refractivity contribution in [2.45, 2.75) is 13.5 Å². The molecular formula is C28H30N6O3. The molecule has 1 aromatic heterocycles. The van der Waals surface area contributed by atoms with Crippen molar-refractivity contribution in [2.24, 2.45) is 15.4 Å². The molecule has 1 amide bonds. The van der Waals surface area contributed by atoms with Gasteiger partial charge in [0.1, 0.15) is 12.1 Å². The lowest BCUT2D eigenvalue weighted by molar-refractivity contribution is -0.110.